The Balaban J connectivity index is 0.00000625. The molecule has 1 rings (SSSR count). The zero-order chi connectivity index (χ0) is 18.7. The summed E-state index contributed by atoms with van der Waals surface area (Å²) in [7, 11) is 3.38. The van der Waals surface area contributed by atoms with E-state index in [1.54, 1.807) is 32.3 Å². The summed E-state index contributed by atoms with van der Waals surface area (Å²) in [4.78, 5) is 17.3. The van der Waals surface area contributed by atoms with E-state index in [4.69, 9.17) is 27.9 Å². The van der Waals surface area contributed by atoms with Crippen LogP contribution in [0, 0.1) is 0 Å². The molecule has 2 N–H and O–H groups in total. The normalized spacial score (nSPS) is 10.7. The predicted molar refractivity (Wildman–Crippen MR) is 119 cm³/mol. The number of guanidine groups is 1. The molecule has 0 aliphatic heterocycles. The molecule has 0 aliphatic carbocycles. The number of carbonyl (C=O) groups excluding carboxylic acids is 1. The number of ether oxygens (including phenoxy) is 1. The van der Waals surface area contributed by atoms with Crippen LogP contribution in [-0.2, 0) is 16.1 Å². The van der Waals surface area contributed by atoms with Crippen molar-refractivity contribution in [1.29, 1.82) is 0 Å². The molecule has 1 aromatic rings. The van der Waals surface area contributed by atoms with Crippen LogP contribution >= 0.6 is 47.2 Å². The van der Waals surface area contributed by atoms with Crippen molar-refractivity contribution in [2.75, 3.05) is 40.3 Å². The van der Waals surface area contributed by atoms with Gasteiger partial charge in [-0.2, -0.15) is 0 Å². The number of nitrogens with one attached hydrogen (secondary N) is 2. The highest BCUT2D eigenvalue weighted by Gasteiger charge is 2.04. The van der Waals surface area contributed by atoms with Crippen LogP contribution in [0.25, 0.3) is 0 Å². The van der Waals surface area contributed by atoms with Crippen LogP contribution < -0.4 is 10.6 Å². The molecular weight excluding hydrogens is 490 g/mol. The second-order valence-electron chi connectivity index (χ2n) is 5.34. The largest absolute Gasteiger partial charge is 0.375 e. The van der Waals surface area contributed by atoms with Gasteiger partial charge in [0, 0.05) is 37.2 Å². The molecule has 0 unspecified atom stereocenters. The molecule has 1 aromatic carbocycles. The summed E-state index contributed by atoms with van der Waals surface area (Å²) >= 11 is 12.0. The Labute approximate surface area is 182 Å². The third-order valence-electron chi connectivity index (χ3n) is 3.10. The van der Waals surface area contributed by atoms with Crippen molar-refractivity contribution in [2.24, 2.45) is 4.99 Å². The Morgan fingerprint density at radius 1 is 1.35 bits per heavy atom. The molecular formula is C17H25Cl2IN4O2. The van der Waals surface area contributed by atoms with E-state index in [0.717, 1.165) is 5.56 Å². The van der Waals surface area contributed by atoms with Crippen LogP contribution in [0.15, 0.2) is 35.8 Å². The van der Waals surface area contributed by atoms with Gasteiger partial charge in [0.1, 0.15) is 6.54 Å². The van der Waals surface area contributed by atoms with Gasteiger partial charge in [0.2, 0.25) is 5.91 Å². The van der Waals surface area contributed by atoms with Crippen molar-refractivity contribution in [2.45, 2.75) is 6.61 Å². The molecule has 0 spiro atoms. The van der Waals surface area contributed by atoms with Crippen LogP contribution in [0.3, 0.4) is 0 Å². The van der Waals surface area contributed by atoms with Gasteiger partial charge in [-0.15, -0.1) is 30.6 Å². The fraction of sp³-hybridized carbons (Fsp3) is 0.412. The standard InChI is InChI=1S/C17H24Cl2N4O2.HI/c1-4-7-20-17(22-11-16(24)23(2)3)21-8-9-25-12-13-5-6-14(18)10-15(13)19;/h4-6,10H,1,7-9,11-12H2,2-3H3,(H2,20,21,22);1H. The smallest absolute Gasteiger partial charge is 0.243 e. The number of amides is 1. The molecule has 26 heavy (non-hydrogen) atoms. The maximum atomic E-state index is 11.6. The third kappa shape index (κ3) is 10.2. The monoisotopic (exact) mass is 514 g/mol. The number of likely N-dealkylation sites (N-methyl/N-ethyl adjacent to an activating group) is 1. The van der Waals surface area contributed by atoms with Crippen molar-refractivity contribution in [3.8, 4) is 0 Å². The molecule has 0 saturated carbocycles. The van der Waals surface area contributed by atoms with E-state index in [1.165, 1.54) is 4.90 Å². The number of aliphatic imine (C=N–C) groups is 1. The number of hydrogen-bond donors (Lipinski definition) is 2. The van der Waals surface area contributed by atoms with Gasteiger partial charge >= 0.3 is 0 Å². The van der Waals surface area contributed by atoms with Gasteiger partial charge in [-0.1, -0.05) is 35.3 Å². The Hall–Kier alpha value is -1.03. The number of carbonyl (C=O) groups is 1. The van der Waals surface area contributed by atoms with Gasteiger partial charge in [0.05, 0.1) is 13.2 Å². The van der Waals surface area contributed by atoms with E-state index in [0.29, 0.717) is 42.3 Å². The van der Waals surface area contributed by atoms with Crippen molar-refractivity contribution < 1.29 is 9.53 Å². The molecule has 0 saturated heterocycles. The zero-order valence-corrected chi connectivity index (χ0v) is 18.8. The molecule has 0 atom stereocenters. The minimum Gasteiger partial charge on any atom is -0.375 e. The average molecular weight is 515 g/mol. The van der Waals surface area contributed by atoms with Crippen LogP contribution in [0.2, 0.25) is 10.0 Å². The maximum absolute atomic E-state index is 11.6. The number of rotatable bonds is 9. The van der Waals surface area contributed by atoms with Crippen LogP contribution in [0.4, 0.5) is 0 Å². The number of benzene rings is 1. The van der Waals surface area contributed by atoms with Crippen LogP contribution in [0.1, 0.15) is 5.56 Å². The molecule has 0 heterocycles. The zero-order valence-electron chi connectivity index (χ0n) is 14.9. The molecule has 0 aliphatic rings. The van der Waals surface area contributed by atoms with E-state index in [1.807, 2.05) is 6.07 Å². The SMILES string of the molecule is C=CCNC(=NCC(=O)N(C)C)NCCOCc1ccc(Cl)cc1Cl.I. The molecule has 0 radical (unpaired) electrons. The second-order valence-corrected chi connectivity index (χ2v) is 6.18. The predicted octanol–water partition coefficient (Wildman–Crippen LogP) is 2.94. The summed E-state index contributed by atoms with van der Waals surface area (Å²) in [6.07, 6.45) is 1.71. The fourth-order valence-corrected chi connectivity index (χ4v) is 2.16. The first-order valence-electron chi connectivity index (χ1n) is 7.79. The molecule has 1 amide bonds. The molecule has 146 valence electrons. The molecule has 9 heteroatoms. The summed E-state index contributed by atoms with van der Waals surface area (Å²) in [5, 5.41) is 7.32. The van der Waals surface area contributed by atoms with Crippen molar-refractivity contribution in [1.82, 2.24) is 15.5 Å². The summed E-state index contributed by atoms with van der Waals surface area (Å²) < 4.78 is 5.59. The molecule has 0 aromatic heterocycles. The minimum absolute atomic E-state index is 0. The van der Waals surface area contributed by atoms with Crippen LogP contribution in [0.5, 0.6) is 0 Å². The van der Waals surface area contributed by atoms with Crippen molar-refractivity contribution >= 4 is 59.0 Å². The lowest BCUT2D eigenvalue weighted by Gasteiger charge is -2.13. The van der Waals surface area contributed by atoms with E-state index < -0.39 is 0 Å². The van der Waals surface area contributed by atoms with Gasteiger partial charge in [-0.25, -0.2) is 4.99 Å². The van der Waals surface area contributed by atoms with Gasteiger partial charge in [0.25, 0.3) is 0 Å². The van der Waals surface area contributed by atoms with E-state index in [-0.39, 0.29) is 36.4 Å². The van der Waals surface area contributed by atoms with Crippen molar-refractivity contribution in [3.05, 3.63) is 46.5 Å². The summed E-state index contributed by atoms with van der Waals surface area (Å²) in [6.45, 7) is 5.64. The summed E-state index contributed by atoms with van der Waals surface area (Å²) in [5.41, 5.74) is 0.876. The number of hydrogen-bond acceptors (Lipinski definition) is 3. The lowest BCUT2D eigenvalue weighted by Crippen LogP contribution is -2.40. The summed E-state index contributed by atoms with van der Waals surface area (Å²) in [5.74, 6) is 0.455. The first kappa shape index (κ1) is 25.0. The second kappa shape index (κ2) is 14.1. The van der Waals surface area contributed by atoms with E-state index >= 15 is 0 Å². The molecule has 0 fully saturated rings. The lowest BCUT2D eigenvalue weighted by atomic mass is 10.2. The first-order chi connectivity index (χ1) is 11.9. The van der Waals surface area contributed by atoms with Gasteiger partial charge < -0.3 is 20.3 Å². The first-order valence-corrected chi connectivity index (χ1v) is 8.54. The van der Waals surface area contributed by atoms with Crippen LogP contribution in [-0.4, -0.2) is 57.1 Å². The maximum Gasteiger partial charge on any atom is 0.243 e. The minimum atomic E-state index is -0.0756. The number of halogens is 3. The van der Waals surface area contributed by atoms with E-state index in [2.05, 4.69) is 22.2 Å². The van der Waals surface area contributed by atoms with E-state index in [9.17, 15) is 4.79 Å². The average Bonchev–Trinajstić information content (AvgIpc) is 2.57. The Morgan fingerprint density at radius 3 is 2.69 bits per heavy atom. The number of nitrogens with zero attached hydrogens (tertiary/aromatic N) is 2. The highest BCUT2D eigenvalue weighted by molar-refractivity contribution is 14.0. The highest BCUT2D eigenvalue weighted by atomic mass is 127. The third-order valence-corrected chi connectivity index (χ3v) is 3.68. The Kier molecular flexibility index (Phi) is 13.5. The lowest BCUT2D eigenvalue weighted by molar-refractivity contribution is -0.127. The van der Waals surface area contributed by atoms with Gasteiger partial charge in [-0.05, 0) is 17.7 Å². The van der Waals surface area contributed by atoms with Gasteiger partial charge in [-0.3, -0.25) is 4.79 Å². The molecule has 6 nitrogen and oxygen atoms in total. The Bertz CT molecular complexity index is 612. The van der Waals surface area contributed by atoms with Gasteiger partial charge in [0.15, 0.2) is 5.96 Å². The molecule has 0 bridgehead atoms. The summed E-state index contributed by atoms with van der Waals surface area (Å²) in [6, 6.07) is 5.30. The topological polar surface area (TPSA) is 66.0 Å². The highest BCUT2D eigenvalue weighted by Crippen LogP contribution is 2.21. The Morgan fingerprint density at radius 2 is 2.08 bits per heavy atom. The van der Waals surface area contributed by atoms with Crippen molar-refractivity contribution in [3.63, 3.8) is 0 Å². The quantitative estimate of drug-likeness (QED) is 0.175. The fourth-order valence-electron chi connectivity index (χ4n) is 1.69.